The van der Waals surface area contributed by atoms with Gasteiger partial charge in [0.05, 0.1) is 11.6 Å². The summed E-state index contributed by atoms with van der Waals surface area (Å²) in [5, 5.41) is 9.94. The maximum atomic E-state index is 9.94. The Morgan fingerprint density at radius 2 is 2.25 bits per heavy atom. The predicted molar refractivity (Wildman–Crippen MR) is 66.6 cm³/mol. The van der Waals surface area contributed by atoms with E-state index in [2.05, 4.69) is 15.9 Å². The van der Waals surface area contributed by atoms with Gasteiger partial charge in [0.1, 0.15) is 11.5 Å². The van der Waals surface area contributed by atoms with Crippen LogP contribution in [0.2, 0.25) is 0 Å². The summed E-state index contributed by atoms with van der Waals surface area (Å²) >= 11 is 3.30. The van der Waals surface area contributed by atoms with Gasteiger partial charge in [0.15, 0.2) is 0 Å². The maximum absolute atomic E-state index is 9.94. The van der Waals surface area contributed by atoms with Crippen molar-refractivity contribution >= 4 is 15.9 Å². The number of ether oxygens (including phenoxy) is 1. The molecule has 1 aromatic rings. The predicted octanol–water partition coefficient (Wildman–Crippen LogP) is 2.96. The first-order chi connectivity index (χ1) is 7.61. The molecule has 0 spiro atoms. The van der Waals surface area contributed by atoms with Gasteiger partial charge in [0, 0.05) is 11.6 Å². The largest absolute Gasteiger partial charge is 0.506 e. The van der Waals surface area contributed by atoms with Crippen LogP contribution in [-0.4, -0.2) is 12.2 Å². The highest BCUT2D eigenvalue weighted by molar-refractivity contribution is 9.10. The third-order valence-corrected chi connectivity index (χ3v) is 3.59. The molecule has 1 aromatic carbocycles. The van der Waals surface area contributed by atoms with Crippen molar-refractivity contribution in [3.63, 3.8) is 0 Å². The number of rotatable bonds is 4. The van der Waals surface area contributed by atoms with E-state index in [0.717, 1.165) is 17.9 Å². The van der Waals surface area contributed by atoms with Crippen LogP contribution in [0.5, 0.6) is 11.5 Å². The fourth-order valence-electron chi connectivity index (χ4n) is 1.83. The van der Waals surface area contributed by atoms with Crippen molar-refractivity contribution in [2.45, 2.75) is 25.3 Å². The SMILES string of the molecule is COc1cc(Br)c(O)c([C@H](N)CC2CC2)c1. The number of phenols is 1. The molecule has 1 aliphatic rings. The molecular weight excluding hydrogens is 270 g/mol. The fraction of sp³-hybridized carbons (Fsp3) is 0.500. The lowest BCUT2D eigenvalue weighted by Gasteiger charge is -2.15. The third-order valence-electron chi connectivity index (χ3n) is 2.99. The lowest BCUT2D eigenvalue weighted by atomic mass is 10.0. The van der Waals surface area contributed by atoms with Crippen molar-refractivity contribution < 1.29 is 9.84 Å². The molecule has 0 saturated heterocycles. The van der Waals surface area contributed by atoms with Gasteiger partial charge in [0.25, 0.3) is 0 Å². The van der Waals surface area contributed by atoms with Crippen LogP contribution in [0.4, 0.5) is 0 Å². The number of halogens is 1. The summed E-state index contributed by atoms with van der Waals surface area (Å²) in [6.07, 6.45) is 3.46. The Kier molecular flexibility index (Phi) is 3.40. The van der Waals surface area contributed by atoms with Gasteiger partial charge in [-0.25, -0.2) is 0 Å². The summed E-state index contributed by atoms with van der Waals surface area (Å²) in [6, 6.07) is 3.44. The lowest BCUT2D eigenvalue weighted by Crippen LogP contribution is -2.11. The average molecular weight is 286 g/mol. The molecule has 16 heavy (non-hydrogen) atoms. The van der Waals surface area contributed by atoms with E-state index in [4.69, 9.17) is 10.5 Å². The van der Waals surface area contributed by atoms with E-state index in [9.17, 15) is 5.11 Å². The van der Waals surface area contributed by atoms with Crippen molar-refractivity contribution in [2.75, 3.05) is 7.11 Å². The molecule has 0 heterocycles. The number of aromatic hydroxyl groups is 1. The molecule has 1 aliphatic carbocycles. The molecule has 0 radical (unpaired) electrons. The minimum absolute atomic E-state index is 0.112. The number of hydrogen-bond acceptors (Lipinski definition) is 3. The van der Waals surface area contributed by atoms with Gasteiger partial charge < -0.3 is 15.6 Å². The number of methoxy groups -OCH3 is 1. The minimum Gasteiger partial charge on any atom is -0.506 e. The van der Waals surface area contributed by atoms with E-state index in [1.807, 2.05) is 6.07 Å². The first-order valence-electron chi connectivity index (χ1n) is 5.43. The summed E-state index contributed by atoms with van der Waals surface area (Å²) in [6.45, 7) is 0. The third kappa shape index (κ3) is 2.50. The highest BCUT2D eigenvalue weighted by Crippen LogP contribution is 2.41. The highest BCUT2D eigenvalue weighted by atomic mass is 79.9. The van der Waals surface area contributed by atoms with Crippen LogP contribution in [-0.2, 0) is 0 Å². The normalized spacial score (nSPS) is 17.2. The molecular formula is C12H16BrNO2. The van der Waals surface area contributed by atoms with Gasteiger partial charge >= 0.3 is 0 Å². The molecule has 0 aliphatic heterocycles. The quantitative estimate of drug-likeness (QED) is 0.894. The van der Waals surface area contributed by atoms with Crippen molar-refractivity contribution in [1.29, 1.82) is 0 Å². The van der Waals surface area contributed by atoms with E-state index in [1.165, 1.54) is 12.8 Å². The second-order valence-electron chi connectivity index (χ2n) is 4.33. The number of phenolic OH excluding ortho intramolecular Hbond substituents is 1. The number of benzene rings is 1. The first-order valence-corrected chi connectivity index (χ1v) is 6.23. The Labute approximate surface area is 104 Å². The maximum Gasteiger partial charge on any atom is 0.134 e. The van der Waals surface area contributed by atoms with Crippen molar-refractivity contribution in [2.24, 2.45) is 11.7 Å². The molecule has 1 atom stereocenters. The van der Waals surface area contributed by atoms with Gasteiger partial charge in [-0.15, -0.1) is 0 Å². The first kappa shape index (κ1) is 11.7. The van der Waals surface area contributed by atoms with Crippen LogP contribution in [0, 0.1) is 5.92 Å². The lowest BCUT2D eigenvalue weighted by molar-refractivity contribution is 0.407. The Morgan fingerprint density at radius 1 is 1.56 bits per heavy atom. The highest BCUT2D eigenvalue weighted by Gasteiger charge is 2.26. The van der Waals surface area contributed by atoms with E-state index in [0.29, 0.717) is 10.2 Å². The van der Waals surface area contributed by atoms with Gasteiger partial charge in [-0.3, -0.25) is 0 Å². The fourth-order valence-corrected chi connectivity index (χ4v) is 2.29. The second kappa shape index (κ2) is 4.63. The Bertz CT molecular complexity index is 391. The molecule has 2 rings (SSSR count). The smallest absolute Gasteiger partial charge is 0.134 e. The summed E-state index contributed by atoms with van der Waals surface area (Å²) in [7, 11) is 1.61. The number of nitrogens with two attached hydrogens (primary N) is 1. The summed E-state index contributed by atoms with van der Waals surface area (Å²) in [5.41, 5.74) is 6.86. The minimum atomic E-state index is -0.112. The molecule has 1 fully saturated rings. The molecule has 0 aromatic heterocycles. The molecule has 3 N–H and O–H groups in total. The average Bonchev–Trinajstić information content (AvgIpc) is 3.05. The molecule has 4 heteroatoms. The molecule has 0 amide bonds. The molecule has 1 saturated carbocycles. The van der Waals surface area contributed by atoms with Gasteiger partial charge in [-0.1, -0.05) is 12.8 Å². The Hall–Kier alpha value is -0.740. The van der Waals surface area contributed by atoms with E-state index < -0.39 is 0 Å². The van der Waals surface area contributed by atoms with Crippen molar-refractivity contribution in [1.82, 2.24) is 0 Å². The second-order valence-corrected chi connectivity index (χ2v) is 5.19. The summed E-state index contributed by atoms with van der Waals surface area (Å²) in [4.78, 5) is 0. The molecule has 3 nitrogen and oxygen atoms in total. The monoisotopic (exact) mass is 285 g/mol. The molecule has 0 unspecified atom stereocenters. The molecule has 0 bridgehead atoms. The Balaban J connectivity index is 2.25. The van der Waals surface area contributed by atoms with E-state index in [1.54, 1.807) is 13.2 Å². The Morgan fingerprint density at radius 3 is 2.81 bits per heavy atom. The van der Waals surface area contributed by atoms with E-state index >= 15 is 0 Å². The molecule has 88 valence electrons. The van der Waals surface area contributed by atoms with Crippen LogP contribution < -0.4 is 10.5 Å². The topological polar surface area (TPSA) is 55.5 Å². The van der Waals surface area contributed by atoms with Crippen molar-refractivity contribution in [3.8, 4) is 11.5 Å². The summed E-state index contributed by atoms with van der Waals surface area (Å²) < 4.78 is 5.80. The van der Waals surface area contributed by atoms with E-state index in [-0.39, 0.29) is 11.8 Å². The van der Waals surface area contributed by atoms with Crippen LogP contribution in [0.1, 0.15) is 30.9 Å². The van der Waals surface area contributed by atoms with Crippen LogP contribution in [0.3, 0.4) is 0 Å². The van der Waals surface area contributed by atoms with Gasteiger partial charge in [-0.05, 0) is 40.4 Å². The zero-order valence-electron chi connectivity index (χ0n) is 9.24. The van der Waals surface area contributed by atoms with Crippen molar-refractivity contribution in [3.05, 3.63) is 22.2 Å². The summed E-state index contributed by atoms with van der Waals surface area (Å²) in [5.74, 6) is 1.68. The number of hydrogen-bond donors (Lipinski definition) is 2. The van der Waals surface area contributed by atoms with Gasteiger partial charge in [-0.2, -0.15) is 0 Å². The van der Waals surface area contributed by atoms with Crippen LogP contribution in [0.15, 0.2) is 16.6 Å². The zero-order valence-corrected chi connectivity index (χ0v) is 10.8. The van der Waals surface area contributed by atoms with Gasteiger partial charge in [0.2, 0.25) is 0 Å². The standard InChI is InChI=1S/C12H16BrNO2/c1-16-8-5-9(12(15)10(13)6-8)11(14)4-7-2-3-7/h5-7,11,15H,2-4,14H2,1H3/t11-/m1/s1. The van der Waals surface area contributed by atoms with Crippen LogP contribution in [0.25, 0.3) is 0 Å². The van der Waals surface area contributed by atoms with Crippen LogP contribution >= 0.6 is 15.9 Å². The zero-order chi connectivity index (χ0) is 11.7.